The van der Waals surface area contributed by atoms with Crippen LogP contribution in [0.25, 0.3) is 0 Å². The Kier molecular flexibility index (Phi) is 4.31. The number of ether oxygens (including phenoxy) is 1. The van der Waals surface area contributed by atoms with E-state index in [9.17, 15) is 5.11 Å². The zero-order valence-corrected chi connectivity index (χ0v) is 10.1. The van der Waals surface area contributed by atoms with Gasteiger partial charge in [0, 0.05) is 6.42 Å². The Balaban J connectivity index is 2.46. The fourth-order valence-corrected chi connectivity index (χ4v) is 1.49. The van der Waals surface area contributed by atoms with E-state index in [0.717, 1.165) is 5.56 Å². The molecule has 1 aromatic carbocycles. The van der Waals surface area contributed by atoms with Crippen LogP contribution in [0, 0.1) is 0 Å². The van der Waals surface area contributed by atoms with Gasteiger partial charge < -0.3 is 15.6 Å². The zero-order valence-electron chi connectivity index (χ0n) is 7.98. The van der Waals surface area contributed by atoms with Gasteiger partial charge in [0.25, 0.3) is 0 Å². The highest BCUT2D eigenvalue weighted by atomic mass is 127. The second kappa shape index (κ2) is 5.06. The van der Waals surface area contributed by atoms with Gasteiger partial charge in [0.05, 0.1) is 0 Å². The van der Waals surface area contributed by atoms with Gasteiger partial charge >= 0.3 is 0 Å². The van der Waals surface area contributed by atoms with Gasteiger partial charge in [-0.3, -0.25) is 0 Å². The molecule has 2 atom stereocenters. The van der Waals surface area contributed by atoms with Crippen LogP contribution in [-0.4, -0.2) is 15.1 Å². The molecule has 0 saturated carbocycles. The van der Waals surface area contributed by atoms with Crippen molar-refractivity contribution in [1.82, 2.24) is 0 Å². The molecule has 14 heavy (non-hydrogen) atoms. The van der Waals surface area contributed by atoms with E-state index in [2.05, 4.69) is 0 Å². The summed E-state index contributed by atoms with van der Waals surface area (Å²) < 4.78 is 3.96. The molecular weight excluding hydrogens is 293 g/mol. The summed E-state index contributed by atoms with van der Waals surface area (Å²) in [4.78, 5) is 0. The standard InChI is InChI=1S/C10H14INO2/c1-10(11,13)14-9(12)7-8-5-3-2-4-6-8/h2-6,9,13H,7,12H2,1H3. The molecule has 0 aliphatic rings. The van der Waals surface area contributed by atoms with Crippen molar-refractivity contribution in [2.24, 2.45) is 5.73 Å². The molecule has 0 aliphatic carbocycles. The molecule has 1 rings (SSSR count). The molecule has 0 aromatic heterocycles. The van der Waals surface area contributed by atoms with E-state index in [1.165, 1.54) is 0 Å². The van der Waals surface area contributed by atoms with Gasteiger partial charge in [-0.25, -0.2) is 0 Å². The molecule has 0 spiro atoms. The number of aliphatic hydroxyl groups is 1. The minimum atomic E-state index is -1.20. The first-order valence-corrected chi connectivity index (χ1v) is 5.44. The van der Waals surface area contributed by atoms with Crippen LogP contribution in [0.1, 0.15) is 12.5 Å². The average Bonchev–Trinajstić information content (AvgIpc) is 2.02. The van der Waals surface area contributed by atoms with Gasteiger partial charge in [0.1, 0.15) is 6.23 Å². The van der Waals surface area contributed by atoms with Crippen molar-refractivity contribution >= 4 is 22.6 Å². The Morgan fingerprint density at radius 2 is 2.07 bits per heavy atom. The maximum atomic E-state index is 9.35. The number of benzene rings is 1. The fourth-order valence-electron chi connectivity index (χ4n) is 1.16. The predicted octanol–water partition coefficient (Wildman–Crippen LogP) is 1.63. The van der Waals surface area contributed by atoms with Crippen LogP contribution >= 0.6 is 22.6 Å². The van der Waals surface area contributed by atoms with Gasteiger partial charge in [0.15, 0.2) is 0 Å². The third-order valence-electron chi connectivity index (χ3n) is 1.65. The Morgan fingerprint density at radius 3 is 2.57 bits per heavy atom. The lowest BCUT2D eigenvalue weighted by atomic mass is 10.1. The van der Waals surface area contributed by atoms with Crippen molar-refractivity contribution in [2.45, 2.75) is 23.4 Å². The Labute approximate surface area is 97.4 Å². The molecule has 0 amide bonds. The lowest BCUT2D eigenvalue weighted by Crippen LogP contribution is -2.35. The third-order valence-corrected chi connectivity index (χ3v) is 1.90. The van der Waals surface area contributed by atoms with E-state index >= 15 is 0 Å². The van der Waals surface area contributed by atoms with E-state index in [-0.39, 0.29) is 0 Å². The van der Waals surface area contributed by atoms with Crippen LogP contribution in [0.15, 0.2) is 30.3 Å². The van der Waals surface area contributed by atoms with E-state index in [1.807, 2.05) is 30.3 Å². The summed E-state index contributed by atoms with van der Waals surface area (Å²) in [6, 6.07) is 9.80. The largest absolute Gasteiger partial charge is 0.358 e. The molecule has 0 radical (unpaired) electrons. The third kappa shape index (κ3) is 4.90. The van der Waals surface area contributed by atoms with E-state index in [0.29, 0.717) is 6.42 Å². The molecule has 0 bridgehead atoms. The van der Waals surface area contributed by atoms with Crippen molar-refractivity contribution in [3.05, 3.63) is 35.9 Å². The van der Waals surface area contributed by atoms with E-state index in [4.69, 9.17) is 10.5 Å². The number of alkyl halides is 1. The lowest BCUT2D eigenvalue weighted by molar-refractivity contribution is -0.135. The highest BCUT2D eigenvalue weighted by Crippen LogP contribution is 2.17. The maximum Gasteiger partial charge on any atom is 0.217 e. The van der Waals surface area contributed by atoms with Gasteiger partial charge in [-0.1, -0.05) is 30.3 Å². The first kappa shape index (κ1) is 11.9. The first-order chi connectivity index (χ1) is 6.47. The second-order valence-electron chi connectivity index (χ2n) is 3.22. The SMILES string of the molecule is CC(O)(I)OC(N)Cc1ccccc1. The lowest BCUT2D eigenvalue weighted by Gasteiger charge is -2.21. The van der Waals surface area contributed by atoms with Crippen LogP contribution in [0.5, 0.6) is 0 Å². The van der Waals surface area contributed by atoms with Crippen molar-refractivity contribution in [2.75, 3.05) is 0 Å². The first-order valence-electron chi connectivity index (χ1n) is 4.36. The summed E-state index contributed by atoms with van der Waals surface area (Å²) in [6.07, 6.45) is 0.115. The Morgan fingerprint density at radius 1 is 1.50 bits per heavy atom. The molecule has 78 valence electrons. The number of hydrogen-bond acceptors (Lipinski definition) is 3. The number of hydrogen-bond donors (Lipinski definition) is 2. The smallest absolute Gasteiger partial charge is 0.217 e. The average molecular weight is 307 g/mol. The zero-order chi connectivity index (χ0) is 10.6. The molecule has 0 fully saturated rings. The maximum absolute atomic E-state index is 9.35. The summed E-state index contributed by atoms with van der Waals surface area (Å²) in [5.74, 6) is 0. The number of nitrogens with two attached hydrogens (primary N) is 1. The fraction of sp³-hybridized carbons (Fsp3) is 0.400. The van der Waals surface area contributed by atoms with Crippen LogP contribution in [0.3, 0.4) is 0 Å². The minimum Gasteiger partial charge on any atom is -0.358 e. The number of rotatable bonds is 4. The van der Waals surface area contributed by atoms with Crippen molar-refractivity contribution in [3.8, 4) is 0 Å². The van der Waals surface area contributed by atoms with E-state index in [1.54, 1.807) is 29.5 Å². The monoisotopic (exact) mass is 307 g/mol. The van der Waals surface area contributed by atoms with Crippen LogP contribution in [-0.2, 0) is 11.2 Å². The number of halogens is 1. The molecule has 3 N–H and O–H groups in total. The molecule has 0 aliphatic heterocycles. The molecule has 1 aromatic rings. The molecule has 3 nitrogen and oxygen atoms in total. The van der Waals surface area contributed by atoms with Gasteiger partial charge in [-0.15, -0.1) is 0 Å². The molecule has 2 unspecified atom stereocenters. The predicted molar refractivity (Wildman–Crippen MR) is 63.9 cm³/mol. The van der Waals surface area contributed by atoms with Crippen molar-refractivity contribution < 1.29 is 9.84 Å². The van der Waals surface area contributed by atoms with Crippen LogP contribution < -0.4 is 5.73 Å². The Bertz CT molecular complexity index is 271. The quantitative estimate of drug-likeness (QED) is 0.505. The molecule has 0 heterocycles. The van der Waals surface area contributed by atoms with E-state index < -0.39 is 10.0 Å². The summed E-state index contributed by atoms with van der Waals surface area (Å²) in [7, 11) is 0. The summed E-state index contributed by atoms with van der Waals surface area (Å²) >= 11 is 1.79. The van der Waals surface area contributed by atoms with Crippen molar-refractivity contribution in [3.63, 3.8) is 0 Å². The molecule has 0 saturated heterocycles. The minimum absolute atomic E-state index is 0.482. The normalized spacial score (nSPS) is 17.4. The highest BCUT2D eigenvalue weighted by Gasteiger charge is 2.19. The van der Waals surface area contributed by atoms with Crippen LogP contribution in [0.2, 0.25) is 0 Å². The Hall–Kier alpha value is -0.170. The topological polar surface area (TPSA) is 55.5 Å². The van der Waals surface area contributed by atoms with Gasteiger partial charge in [0.2, 0.25) is 3.79 Å². The summed E-state index contributed by atoms with van der Waals surface area (Å²) in [5, 5.41) is 9.35. The van der Waals surface area contributed by atoms with Gasteiger partial charge in [-0.2, -0.15) is 0 Å². The molecular formula is C10H14INO2. The summed E-state index contributed by atoms with van der Waals surface area (Å²) in [5.41, 5.74) is 6.80. The summed E-state index contributed by atoms with van der Waals surface area (Å²) in [6.45, 7) is 1.55. The molecule has 4 heteroatoms. The second-order valence-corrected chi connectivity index (χ2v) is 5.22. The highest BCUT2D eigenvalue weighted by molar-refractivity contribution is 14.1. The van der Waals surface area contributed by atoms with Crippen molar-refractivity contribution in [1.29, 1.82) is 0 Å². The van der Waals surface area contributed by atoms with Crippen LogP contribution in [0.4, 0.5) is 0 Å². The van der Waals surface area contributed by atoms with Gasteiger partial charge in [-0.05, 0) is 35.1 Å².